The number of unbranched alkanes of at least 4 members (excludes halogenated alkanes) is 3. The second kappa shape index (κ2) is 9.32. The fraction of sp³-hybridized carbons (Fsp3) is 0.667. The maximum Gasteiger partial charge on any atom is 0.217 e. The highest BCUT2D eigenvalue weighted by Gasteiger charge is 2.07. The number of hydrogen-bond donors (Lipinski definition) is 1. The second-order valence-electron chi connectivity index (χ2n) is 5.06. The highest BCUT2D eigenvalue weighted by molar-refractivity contribution is 9.10. The molecule has 1 aromatic rings. The van der Waals surface area contributed by atoms with E-state index in [0.29, 0.717) is 6.04 Å². The number of nitrogens with one attached hydrogen (secondary N) is 1. The Balaban J connectivity index is 2.50. The van der Waals surface area contributed by atoms with E-state index in [9.17, 15) is 0 Å². The van der Waals surface area contributed by atoms with Gasteiger partial charge >= 0.3 is 0 Å². The van der Waals surface area contributed by atoms with Gasteiger partial charge in [-0.05, 0) is 28.4 Å². The third-order valence-corrected chi connectivity index (χ3v) is 3.26. The molecule has 0 saturated heterocycles. The number of ether oxygens (including phenoxy) is 1. The Morgan fingerprint density at radius 2 is 2.11 bits per heavy atom. The Hall–Kier alpha value is -0.610. The predicted octanol–water partition coefficient (Wildman–Crippen LogP) is 4.30. The largest absolute Gasteiger partial charge is 0.477 e. The molecule has 0 aliphatic carbocycles. The van der Waals surface area contributed by atoms with Gasteiger partial charge in [0.1, 0.15) is 0 Å². The summed E-state index contributed by atoms with van der Waals surface area (Å²) in [6, 6.07) is 2.53. The van der Waals surface area contributed by atoms with Crippen molar-refractivity contribution in [1.82, 2.24) is 10.3 Å². The molecule has 0 atom stereocenters. The summed E-state index contributed by atoms with van der Waals surface area (Å²) in [6.07, 6.45) is 6.65. The van der Waals surface area contributed by atoms with E-state index < -0.39 is 0 Å². The lowest BCUT2D eigenvalue weighted by Crippen LogP contribution is -2.22. The highest BCUT2D eigenvalue weighted by Crippen LogP contribution is 2.20. The van der Waals surface area contributed by atoms with Crippen LogP contribution in [-0.4, -0.2) is 17.6 Å². The smallest absolute Gasteiger partial charge is 0.217 e. The Morgan fingerprint density at radius 1 is 1.32 bits per heavy atom. The molecule has 3 nitrogen and oxygen atoms in total. The maximum atomic E-state index is 5.80. The Kier molecular flexibility index (Phi) is 8.07. The normalized spacial score (nSPS) is 11.0. The van der Waals surface area contributed by atoms with E-state index >= 15 is 0 Å². The molecule has 0 saturated carbocycles. The quantitative estimate of drug-likeness (QED) is 0.686. The van der Waals surface area contributed by atoms with Crippen molar-refractivity contribution in [2.45, 2.75) is 59.0 Å². The van der Waals surface area contributed by atoms with Crippen LogP contribution >= 0.6 is 15.9 Å². The van der Waals surface area contributed by atoms with Crippen LogP contribution in [0.2, 0.25) is 0 Å². The van der Waals surface area contributed by atoms with Crippen molar-refractivity contribution < 1.29 is 4.74 Å². The third kappa shape index (κ3) is 6.92. The summed E-state index contributed by atoms with van der Waals surface area (Å²) < 4.78 is 6.79. The van der Waals surface area contributed by atoms with E-state index in [1.165, 1.54) is 19.3 Å². The fourth-order valence-corrected chi connectivity index (χ4v) is 2.12. The monoisotopic (exact) mass is 328 g/mol. The van der Waals surface area contributed by atoms with Gasteiger partial charge in [0.25, 0.3) is 0 Å². The molecule has 19 heavy (non-hydrogen) atoms. The van der Waals surface area contributed by atoms with Gasteiger partial charge in [-0.1, -0.05) is 40.0 Å². The Labute approximate surface area is 125 Å². The molecule has 0 aliphatic heterocycles. The second-order valence-corrected chi connectivity index (χ2v) is 5.98. The van der Waals surface area contributed by atoms with E-state index in [1.807, 2.05) is 0 Å². The maximum absolute atomic E-state index is 5.80. The molecule has 0 fully saturated rings. The van der Waals surface area contributed by atoms with Crippen molar-refractivity contribution in [1.29, 1.82) is 0 Å². The predicted molar refractivity (Wildman–Crippen MR) is 83.5 cm³/mol. The van der Waals surface area contributed by atoms with Crippen LogP contribution in [0.4, 0.5) is 0 Å². The van der Waals surface area contributed by atoms with Gasteiger partial charge < -0.3 is 10.1 Å². The molecular formula is C15H25BrN2O. The Bertz CT molecular complexity index is 369. The van der Waals surface area contributed by atoms with Crippen molar-refractivity contribution in [2.75, 3.05) is 6.61 Å². The van der Waals surface area contributed by atoms with Crippen molar-refractivity contribution in [2.24, 2.45) is 0 Å². The zero-order chi connectivity index (χ0) is 14.1. The molecule has 4 heteroatoms. The molecular weight excluding hydrogens is 304 g/mol. The lowest BCUT2D eigenvalue weighted by Gasteiger charge is -2.13. The first kappa shape index (κ1) is 16.4. The molecule has 1 N–H and O–H groups in total. The minimum absolute atomic E-state index is 0.455. The number of nitrogens with zero attached hydrogens (tertiary/aromatic N) is 1. The van der Waals surface area contributed by atoms with Gasteiger partial charge in [-0.2, -0.15) is 0 Å². The number of halogens is 1. The Morgan fingerprint density at radius 3 is 2.79 bits per heavy atom. The molecule has 1 heterocycles. The van der Waals surface area contributed by atoms with Gasteiger partial charge in [0.2, 0.25) is 5.88 Å². The fourth-order valence-electron chi connectivity index (χ4n) is 1.74. The summed E-state index contributed by atoms with van der Waals surface area (Å²) in [5.41, 5.74) is 1.11. The lowest BCUT2D eigenvalue weighted by molar-refractivity contribution is 0.289. The van der Waals surface area contributed by atoms with E-state index in [2.05, 4.69) is 53.1 Å². The van der Waals surface area contributed by atoms with E-state index in [-0.39, 0.29) is 0 Å². The molecule has 108 valence electrons. The molecule has 0 radical (unpaired) electrons. The van der Waals surface area contributed by atoms with Crippen LogP contribution in [0.1, 0.15) is 52.0 Å². The van der Waals surface area contributed by atoms with Crippen molar-refractivity contribution in [3.63, 3.8) is 0 Å². The van der Waals surface area contributed by atoms with Gasteiger partial charge in [0, 0.05) is 28.8 Å². The molecule has 0 aromatic carbocycles. The first-order valence-corrected chi connectivity index (χ1v) is 7.93. The van der Waals surface area contributed by atoms with E-state index in [1.54, 1.807) is 6.20 Å². The van der Waals surface area contributed by atoms with Crippen molar-refractivity contribution in [3.8, 4) is 5.88 Å². The molecule has 0 bridgehead atoms. The average Bonchev–Trinajstić information content (AvgIpc) is 2.38. The molecule has 0 aliphatic rings. The van der Waals surface area contributed by atoms with Crippen molar-refractivity contribution in [3.05, 3.63) is 22.3 Å². The first-order valence-electron chi connectivity index (χ1n) is 7.14. The van der Waals surface area contributed by atoms with Crippen LogP contribution in [0.3, 0.4) is 0 Å². The number of rotatable bonds is 9. The summed E-state index contributed by atoms with van der Waals surface area (Å²) >= 11 is 3.46. The third-order valence-electron chi connectivity index (χ3n) is 2.83. The summed E-state index contributed by atoms with van der Waals surface area (Å²) in [7, 11) is 0. The molecule has 1 rings (SSSR count). The number of hydrogen-bond acceptors (Lipinski definition) is 3. The topological polar surface area (TPSA) is 34.1 Å². The van der Waals surface area contributed by atoms with Crippen LogP contribution in [0.25, 0.3) is 0 Å². The lowest BCUT2D eigenvalue weighted by atomic mass is 10.2. The number of pyridine rings is 1. The summed E-state index contributed by atoms with van der Waals surface area (Å²) in [5.74, 6) is 0.757. The van der Waals surface area contributed by atoms with Gasteiger partial charge in [-0.25, -0.2) is 4.98 Å². The van der Waals surface area contributed by atoms with E-state index in [4.69, 9.17) is 4.74 Å². The first-order chi connectivity index (χ1) is 9.13. The summed E-state index contributed by atoms with van der Waals surface area (Å²) in [5, 5.41) is 3.40. The minimum Gasteiger partial charge on any atom is -0.477 e. The van der Waals surface area contributed by atoms with Crippen LogP contribution in [0.15, 0.2) is 16.7 Å². The summed E-state index contributed by atoms with van der Waals surface area (Å²) in [6.45, 7) is 8.03. The summed E-state index contributed by atoms with van der Waals surface area (Å²) in [4.78, 5) is 4.36. The minimum atomic E-state index is 0.455. The van der Waals surface area contributed by atoms with Crippen LogP contribution in [-0.2, 0) is 6.54 Å². The average molecular weight is 329 g/mol. The molecule has 0 unspecified atom stereocenters. The van der Waals surface area contributed by atoms with Gasteiger partial charge in [-0.15, -0.1) is 0 Å². The molecule has 0 amide bonds. The zero-order valence-electron chi connectivity index (χ0n) is 12.2. The van der Waals surface area contributed by atoms with Gasteiger partial charge in [0.05, 0.1) is 6.61 Å². The number of aromatic nitrogens is 1. The van der Waals surface area contributed by atoms with E-state index in [0.717, 1.165) is 35.5 Å². The van der Waals surface area contributed by atoms with Gasteiger partial charge in [0.15, 0.2) is 0 Å². The molecule has 0 spiro atoms. The molecule has 1 aromatic heterocycles. The zero-order valence-corrected chi connectivity index (χ0v) is 13.8. The van der Waals surface area contributed by atoms with Crippen LogP contribution in [0.5, 0.6) is 5.88 Å². The van der Waals surface area contributed by atoms with Crippen molar-refractivity contribution >= 4 is 15.9 Å². The van der Waals surface area contributed by atoms with Crippen LogP contribution in [0, 0.1) is 0 Å². The standard InChI is InChI=1S/C15H25BrN2O/c1-4-5-6-7-8-19-15-13(10-17-12(2)3)9-14(16)11-18-15/h9,11-12,17H,4-8,10H2,1-3H3. The SMILES string of the molecule is CCCCCCOc1ncc(Br)cc1CNC(C)C. The van der Waals surface area contributed by atoms with Crippen LogP contribution < -0.4 is 10.1 Å². The van der Waals surface area contributed by atoms with Gasteiger partial charge in [-0.3, -0.25) is 0 Å². The highest BCUT2D eigenvalue weighted by atomic mass is 79.9.